The van der Waals surface area contributed by atoms with Gasteiger partial charge in [-0.3, -0.25) is 0 Å². The highest BCUT2D eigenvalue weighted by atomic mass is 79.9. The molecule has 0 aliphatic heterocycles. The maximum atomic E-state index is 5.26. The van der Waals surface area contributed by atoms with Crippen molar-refractivity contribution in [2.75, 3.05) is 5.32 Å². The second-order valence-electron chi connectivity index (χ2n) is 4.03. The summed E-state index contributed by atoms with van der Waals surface area (Å²) in [4.78, 5) is 0. The van der Waals surface area contributed by atoms with Crippen LogP contribution >= 0.6 is 28.1 Å². The number of benzene rings is 1. The molecule has 2 rings (SSSR count). The van der Waals surface area contributed by atoms with Gasteiger partial charge >= 0.3 is 0 Å². The van der Waals surface area contributed by atoms with Crippen LogP contribution in [0, 0.1) is 0 Å². The maximum absolute atomic E-state index is 5.26. The Balaban J connectivity index is 2.04. The number of anilines is 1. The highest BCUT2D eigenvalue weighted by molar-refractivity contribution is 9.10. The molecule has 2 nitrogen and oxygen atoms in total. The molecule has 0 heterocycles. The van der Waals surface area contributed by atoms with Crippen LogP contribution in [0.5, 0.6) is 0 Å². The lowest BCUT2D eigenvalue weighted by atomic mass is 10.1. The number of hydrogen-bond donors (Lipinski definition) is 2. The first kappa shape index (κ1) is 11.9. The highest BCUT2D eigenvalue weighted by Crippen LogP contribution is 2.22. The summed E-state index contributed by atoms with van der Waals surface area (Å²) in [6.07, 6.45) is 3.47. The molecule has 0 amide bonds. The minimum atomic E-state index is 0.598. The fourth-order valence-corrected chi connectivity index (χ4v) is 2.23. The van der Waals surface area contributed by atoms with E-state index in [9.17, 15) is 0 Å². The Hall–Kier alpha value is -0.610. The van der Waals surface area contributed by atoms with E-state index in [2.05, 4.69) is 45.6 Å². The van der Waals surface area contributed by atoms with Crippen molar-refractivity contribution in [3.8, 4) is 0 Å². The molecule has 0 unspecified atom stereocenters. The van der Waals surface area contributed by atoms with Crippen molar-refractivity contribution in [3.05, 3.63) is 28.2 Å². The molecule has 86 valence electrons. The van der Waals surface area contributed by atoms with Crippen LogP contribution in [-0.2, 0) is 6.42 Å². The smallest absolute Gasteiger partial charge is 0.171 e. The van der Waals surface area contributed by atoms with Gasteiger partial charge in [0.15, 0.2) is 5.11 Å². The van der Waals surface area contributed by atoms with Crippen molar-refractivity contribution in [1.82, 2.24) is 5.32 Å². The largest absolute Gasteiger partial charge is 0.360 e. The third-order valence-electron chi connectivity index (χ3n) is 2.61. The molecule has 16 heavy (non-hydrogen) atoms. The van der Waals surface area contributed by atoms with E-state index in [1.165, 1.54) is 18.4 Å². The second-order valence-corrected chi connectivity index (χ2v) is 5.35. The van der Waals surface area contributed by atoms with Crippen molar-refractivity contribution < 1.29 is 0 Å². The molecule has 0 spiro atoms. The van der Waals surface area contributed by atoms with Crippen LogP contribution in [-0.4, -0.2) is 11.2 Å². The van der Waals surface area contributed by atoms with Gasteiger partial charge in [-0.2, -0.15) is 0 Å². The topological polar surface area (TPSA) is 24.1 Å². The third-order valence-corrected chi connectivity index (χ3v) is 3.32. The molecule has 0 aromatic heterocycles. The molecule has 0 atom stereocenters. The Morgan fingerprint density at radius 1 is 1.50 bits per heavy atom. The number of halogens is 1. The summed E-state index contributed by atoms with van der Waals surface area (Å²) < 4.78 is 1.11. The molecule has 1 aromatic carbocycles. The number of rotatable bonds is 3. The summed E-state index contributed by atoms with van der Waals surface area (Å²) >= 11 is 8.74. The second kappa shape index (κ2) is 5.15. The average Bonchev–Trinajstić information content (AvgIpc) is 3.04. The quantitative estimate of drug-likeness (QED) is 0.836. The lowest BCUT2D eigenvalue weighted by Crippen LogP contribution is -2.30. The number of hydrogen-bond acceptors (Lipinski definition) is 1. The molecule has 2 N–H and O–H groups in total. The summed E-state index contributed by atoms with van der Waals surface area (Å²) in [6.45, 7) is 2.14. The first-order chi connectivity index (χ1) is 7.69. The van der Waals surface area contributed by atoms with Crippen LogP contribution in [0.3, 0.4) is 0 Å². The monoisotopic (exact) mass is 298 g/mol. The van der Waals surface area contributed by atoms with E-state index < -0.39 is 0 Å². The summed E-state index contributed by atoms with van der Waals surface area (Å²) in [5.41, 5.74) is 2.37. The average molecular weight is 299 g/mol. The van der Waals surface area contributed by atoms with Crippen LogP contribution in [0.1, 0.15) is 25.3 Å². The SMILES string of the molecule is CCc1cc(Br)ccc1NC(=S)NC1CC1. The van der Waals surface area contributed by atoms with Crippen LogP contribution in [0.15, 0.2) is 22.7 Å². The van der Waals surface area contributed by atoms with Gasteiger partial charge in [-0.15, -0.1) is 0 Å². The number of aryl methyl sites for hydroxylation is 1. The third kappa shape index (κ3) is 3.19. The Morgan fingerprint density at radius 3 is 2.88 bits per heavy atom. The first-order valence-corrected chi connectivity index (χ1v) is 6.75. The normalized spacial score (nSPS) is 14.6. The van der Waals surface area contributed by atoms with Gasteiger partial charge in [0.1, 0.15) is 0 Å². The lowest BCUT2D eigenvalue weighted by molar-refractivity contribution is 0.918. The molecule has 1 saturated carbocycles. The lowest BCUT2D eigenvalue weighted by Gasteiger charge is -2.13. The first-order valence-electron chi connectivity index (χ1n) is 5.55. The highest BCUT2D eigenvalue weighted by Gasteiger charge is 2.21. The zero-order chi connectivity index (χ0) is 11.5. The zero-order valence-electron chi connectivity index (χ0n) is 9.22. The standard InChI is InChI=1S/C12H15BrN2S/c1-2-8-7-9(13)3-6-11(8)15-12(16)14-10-4-5-10/h3,6-7,10H,2,4-5H2,1H3,(H2,14,15,16). The zero-order valence-corrected chi connectivity index (χ0v) is 11.6. The predicted molar refractivity (Wildman–Crippen MR) is 75.9 cm³/mol. The van der Waals surface area contributed by atoms with Crippen molar-refractivity contribution >= 4 is 38.9 Å². The van der Waals surface area contributed by atoms with Gasteiger partial charge in [0.05, 0.1) is 0 Å². The van der Waals surface area contributed by atoms with Crippen LogP contribution in [0.25, 0.3) is 0 Å². The van der Waals surface area contributed by atoms with Gasteiger partial charge in [-0.25, -0.2) is 0 Å². The minimum absolute atomic E-state index is 0.598. The van der Waals surface area contributed by atoms with E-state index in [0.29, 0.717) is 6.04 Å². The van der Waals surface area contributed by atoms with Gasteiger partial charge in [0.2, 0.25) is 0 Å². The van der Waals surface area contributed by atoms with E-state index in [1.807, 2.05) is 6.07 Å². The summed E-state index contributed by atoms with van der Waals surface area (Å²) in [5, 5.41) is 7.27. The summed E-state index contributed by atoms with van der Waals surface area (Å²) in [6, 6.07) is 6.81. The molecule has 0 radical (unpaired) electrons. The van der Waals surface area contributed by atoms with Crippen molar-refractivity contribution in [1.29, 1.82) is 0 Å². The van der Waals surface area contributed by atoms with Crippen molar-refractivity contribution in [2.45, 2.75) is 32.2 Å². The summed E-state index contributed by atoms with van der Waals surface area (Å²) in [7, 11) is 0. The molecule has 1 aliphatic rings. The molecule has 1 fully saturated rings. The van der Waals surface area contributed by atoms with Gasteiger partial charge in [-0.05, 0) is 55.2 Å². The van der Waals surface area contributed by atoms with Crippen molar-refractivity contribution in [2.24, 2.45) is 0 Å². The predicted octanol–water partition coefficient (Wildman–Crippen LogP) is 3.46. The number of nitrogens with one attached hydrogen (secondary N) is 2. The van der Waals surface area contributed by atoms with E-state index in [-0.39, 0.29) is 0 Å². The minimum Gasteiger partial charge on any atom is -0.360 e. The van der Waals surface area contributed by atoms with Gasteiger partial charge in [0, 0.05) is 16.2 Å². The molecular formula is C12H15BrN2S. The molecule has 0 bridgehead atoms. The fourth-order valence-electron chi connectivity index (χ4n) is 1.55. The van der Waals surface area contributed by atoms with Crippen molar-refractivity contribution in [3.63, 3.8) is 0 Å². The summed E-state index contributed by atoms with van der Waals surface area (Å²) in [5.74, 6) is 0. The molecule has 1 aromatic rings. The van der Waals surface area contributed by atoms with Gasteiger partial charge in [-0.1, -0.05) is 22.9 Å². The van der Waals surface area contributed by atoms with E-state index >= 15 is 0 Å². The molecule has 4 heteroatoms. The van der Waals surface area contributed by atoms with E-state index in [0.717, 1.165) is 21.7 Å². The maximum Gasteiger partial charge on any atom is 0.171 e. The Kier molecular flexibility index (Phi) is 3.82. The number of thiocarbonyl (C=S) groups is 1. The van der Waals surface area contributed by atoms with Crippen LogP contribution in [0.2, 0.25) is 0 Å². The molecule has 0 saturated heterocycles. The Bertz CT molecular complexity index is 402. The molecular weight excluding hydrogens is 284 g/mol. The van der Waals surface area contributed by atoms with E-state index in [4.69, 9.17) is 12.2 Å². The van der Waals surface area contributed by atoms with Gasteiger partial charge < -0.3 is 10.6 Å². The Labute approximate surface area is 110 Å². The van der Waals surface area contributed by atoms with Gasteiger partial charge in [0.25, 0.3) is 0 Å². The van der Waals surface area contributed by atoms with Crippen LogP contribution < -0.4 is 10.6 Å². The molecule has 1 aliphatic carbocycles. The van der Waals surface area contributed by atoms with Crippen LogP contribution in [0.4, 0.5) is 5.69 Å². The Morgan fingerprint density at radius 2 is 2.25 bits per heavy atom. The fraction of sp³-hybridized carbons (Fsp3) is 0.417. The van der Waals surface area contributed by atoms with E-state index in [1.54, 1.807) is 0 Å².